The Balaban J connectivity index is 3.67. The van der Waals surface area contributed by atoms with Gasteiger partial charge in [-0.2, -0.15) is 8.78 Å². The smallest absolute Gasteiger partial charge is 0.369 e. The van der Waals surface area contributed by atoms with Crippen molar-refractivity contribution in [1.29, 1.82) is 0 Å². The molecule has 6 heteroatoms. The van der Waals surface area contributed by atoms with E-state index in [4.69, 9.17) is 16.3 Å². The van der Waals surface area contributed by atoms with E-state index in [2.05, 4.69) is 11.6 Å². The van der Waals surface area contributed by atoms with Crippen LogP contribution in [-0.2, 0) is 4.74 Å². The van der Waals surface area contributed by atoms with Crippen molar-refractivity contribution in [2.24, 2.45) is 0 Å². The van der Waals surface area contributed by atoms with Crippen molar-refractivity contribution in [2.75, 3.05) is 13.2 Å². The molecule has 0 fully saturated rings. The first-order valence-electron chi connectivity index (χ1n) is 4.33. The summed E-state index contributed by atoms with van der Waals surface area (Å²) in [7, 11) is 0. The minimum absolute atomic E-state index is 0.164. The molecule has 0 heterocycles. The topological polar surface area (TPSA) is 9.23 Å². The van der Waals surface area contributed by atoms with E-state index < -0.39 is 16.9 Å². The van der Waals surface area contributed by atoms with Crippen molar-refractivity contribution < 1.29 is 17.9 Å². The lowest BCUT2D eigenvalue weighted by molar-refractivity contribution is -0.0372. The molecule has 0 spiro atoms. The van der Waals surface area contributed by atoms with Crippen LogP contribution in [-0.4, -0.2) is 23.7 Å². The maximum Gasteiger partial charge on any atom is 0.369 e. The third kappa shape index (κ3) is 5.27. The standard InChI is InChI=1S/C8H13Cl2F3O/c1-2-3-5-14-6-4-7(9,11)8(10,12)13/h2-6H2,1H3/t7-/m0/s1. The van der Waals surface area contributed by atoms with Crippen molar-refractivity contribution in [3.05, 3.63) is 0 Å². The van der Waals surface area contributed by atoms with E-state index in [1.165, 1.54) is 0 Å². The van der Waals surface area contributed by atoms with E-state index in [1.54, 1.807) is 0 Å². The molecule has 0 bridgehead atoms. The van der Waals surface area contributed by atoms with Gasteiger partial charge in [0.2, 0.25) is 0 Å². The van der Waals surface area contributed by atoms with Crippen LogP contribution in [0.2, 0.25) is 0 Å². The Hall–Kier alpha value is 0.330. The van der Waals surface area contributed by atoms with Gasteiger partial charge in [0.1, 0.15) is 0 Å². The van der Waals surface area contributed by atoms with Crippen LogP contribution in [0.4, 0.5) is 13.2 Å². The van der Waals surface area contributed by atoms with Gasteiger partial charge < -0.3 is 4.74 Å². The fourth-order valence-corrected chi connectivity index (χ4v) is 0.862. The van der Waals surface area contributed by atoms with Gasteiger partial charge in [0, 0.05) is 13.0 Å². The van der Waals surface area contributed by atoms with Crippen LogP contribution in [0.25, 0.3) is 0 Å². The number of hydrogen-bond donors (Lipinski definition) is 0. The van der Waals surface area contributed by atoms with Crippen molar-refractivity contribution in [1.82, 2.24) is 0 Å². The Morgan fingerprint density at radius 3 is 2.14 bits per heavy atom. The first kappa shape index (κ1) is 14.3. The second-order valence-corrected chi connectivity index (χ2v) is 3.99. The van der Waals surface area contributed by atoms with Gasteiger partial charge in [0.15, 0.2) is 0 Å². The molecule has 0 N–H and O–H groups in total. The average molecular weight is 253 g/mol. The van der Waals surface area contributed by atoms with Crippen LogP contribution in [0.15, 0.2) is 0 Å². The van der Waals surface area contributed by atoms with Gasteiger partial charge in [0.05, 0.1) is 6.61 Å². The fraction of sp³-hybridized carbons (Fsp3) is 1.00. The molecule has 0 aromatic rings. The maximum atomic E-state index is 12.9. The van der Waals surface area contributed by atoms with Gasteiger partial charge in [-0.3, -0.25) is 0 Å². The summed E-state index contributed by atoms with van der Waals surface area (Å²) in [4.78, 5) is 0. The highest BCUT2D eigenvalue weighted by atomic mass is 35.5. The number of unbranched alkanes of at least 4 members (excludes halogenated alkanes) is 1. The van der Waals surface area contributed by atoms with Crippen molar-refractivity contribution in [3.63, 3.8) is 0 Å². The highest BCUT2D eigenvalue weighted by molar-refractivity contribution is 6.32. The Kier molecular flexibility index (Phi) is 6.17. The fourth-order valence-electron chi connectivity index (χ4n) is 0.691. The van der Waals surface area contributed by atoms with Crippen LogP contribution < -0.4 is 0 Å². The predicted octanol–water partition coefficient (Wildman–Crippen LogP) is 3.93. The van der Waals surface area contributed by atoms with Gasteiger partial charge in [-0.15, -0.1) is 0 Å². The normalized spacial score (nSPS) is 16.7. The van der Waals surface area contributed by atoms with E-state index in [1.807, 2.05) is 6.92 Å². The maximum absolute atomic E-state index is 12.9. The van der Waals surface area contributed by atoms with Gasteiger partial charge in [-0.25, -0.2) is 4.39 Å². The second kappa shape index (κ2) is 6.03. The predicted molar refractivity (Wildman–Crippen MR) is 50.8 cm³/mol. The van der Waals surface area contributed by atoms with Crippen LogP contribution in [0.1, 0.15) is 26.2 Å². The summed E-state index contributed by atoms with van der Waals surface area (Å²) in [6.07, 6.45) is 1.10. The van der Waals surface area contributed by atoms with Gasteiger partial charge in [0.25, 0.3) is 5.13 Å². The lowest BCUT2D eigenvalue weighted by atomic mass is 10.3. The molecule has 0 radical (unpaired) electrons. The molecule has 0 unspecified atom stereocenters. The molecule has 86 valence electrons. The van der Waals surface area contributed by atoms with Crippen molar-refractivity contribution in [3.8, 4) is 0 Å². The molecule has 0 aliphatic heterocycles. The first-order valence-corrected chi connectivity index (χ1v) is 5.09. The molecule has 0 aliphatic rings. The molecule has 0 aromatic carbocycles. The molecular weight excluding hydrogens is 240 g/mol. The molecule has 0 aromatic heterocycles. The molecule has 0 saturated heterocycles. The Morgan fingerprint density at radius 1 is 1.14 bits per heavy atom. The molecule has 1 atom stereocenters. The van der Waals surface area contributed by atoms with E-state index in [-0.39, 0.29) is 6.61 Å². The van der Waals surface area contributed by atoms with Crippen LogP contribution >= 0.6 is 23.2 Å². The lowest BCUT2D eigenvalue weighted by Crippen LogP contribution is -2.35. The van der Waals surface area contributed by atoms with E-state index in [0.717, 1.165) is 12.8 Å². The van der Waals surface area contributed by atoms with Gasteiger partial charge in [-0.1, -0.05) is 24.9 Å². The Labute approximate surface area is 91.5 Å². The molecule has 1 nitrogen and oxygen atoms in total. The monoisotopic (exact) mass is 252 g/mol. The first-order chi connectivity index (χ1) is 6.31. The molecule has 14 heavy (non-hydrogen) atoms. The summed E-state index contributed by atoms with van der Waals surface area (Å²) in [6, 6.07) is 0. The molecule has 0 aliphatic carbocycles. The zero-order valence-electron chi connectivity index (χ0n) is 7.83. The summed E-state index contributed by atoms with van der Waals surface area (Å²) < 4.78 is 42.4. The molecule has 0 rings (SSSR count). The van der Waals surface area contributed by atoms with E-state index in [0.29, 0.717) is 6.61 Å². The minimum Gasteiger partial charge on any atom is -0.381 e. The van der Waals surface area contributed by atoms with E-state index >= 15 is 0 Å². The van der Waals surface area contributed by atoms with Gasteiger partial charge >= 0.3 is 5.38 Å². The average Bonchev–Trinajstić information content (AvgIpc) is 2.02. The minimum atomic E-state index is -4.07. The summed E-state index contributed by atoms with van der Waals surface area (Å²) in [5, 5.41) is -7.30. The number of alkyl halides is 5. The zero-order valence-corrected chi connectivity index (χ0v) is 9.35. The van der Waals surface area contributed by atoms with E-state index in [9.17, 15) is 13.2 Å². The van der Waals surface area contributed by atoms with Crippen molar-refractivity contribution in [2.45, 2.75) is 36.7 Å². The number of hydrogen-bond acceptors (Lipinski definition) is 1. The Bertz CT molecular complexity index is 159. The number of ether oxygens (including phenoxy) is 1. The van der Waals surface area contributed by atoms with Crippen LogP contribution in [0, 0.1) is 0 Å². The Morgan fingerprint density at radius 2 is 1.71 bits per heavy atom. The zero-order chi connectivity index (χ0) is 11.2. The second-order valence-electron chi connectivity index (χ2n) is 2.92. The van der Waals surface area contributed by atoms with Gasteiger partial charge in [-0.05, 0) is 18.0 Å². The number of halogens is 5. The quantitative estimate of drug-likeness (QED) is 0.493. The summed E-state index contributed by atoms with van der Waals surface area (Å²) in [5.74, 6) is 0. The van der Waals surface area contributed by atoms with Crippen LogP contribution in [0.5, 0.6) is 0 Å². The van der Waals surface area contributed by atoms with Crippen LogP contribution in [0.3, 0.4) is 0 Å². The molecule has 0 amide bonds. The molecule has 0 saturated carbocycles. The third-order valence-electron chi connectivity index (χ3n) is 1.62. The summed E-state index contributed by atoms with van der Waals surface area (Å²) in [5.41, 5.74) is 0. The SMILES string of the molecule is CCCCOCC[C@@](F)(Cl)C(F)(F)Cl. The van der Waals surface area contributed by atoms with Crippen molar-refractivity contribution >= 4 is 23.2 Å². The highest BCUT2D eigenvalue weighted by Gasteiger charge is 2.51. The number of rotatable bonds is 7. The summed E-state index contributed by atoms with van der Waals surface area (Å²) in [6.45, 7) is 2.21. The lowest BCUT2D eigenvalue weighted by Gasteiger charge is -2.22. The summed E-state index contributed by atoms with van der Waals surface area (Å²) >= 11 is 9.37. The largest absolute Gasteiger partial charge is 0.381 e. The highest BCUT2D eigenvalue weighted by Crippen LogP contribution is 2.42. The molecular formula is C8H13Cl2F3O. The third-order valence-corrected chi connectivity index (χ3v) is 2.44.